The van der Waals surface area contributed by atoms with Crippen LogP contribution < -0.4 is 10.1 Å². The van der Waals surface area contributed by atoms with Gasteiger partial charge in [0.15, 0.2) is 0 Å². The first-order valence-electron chi connectivity index (χ1n) is 6.67. The second-order valence-corrected chi connectivity index (χ2v) is 5.74. The SMILES string of the molecule is CCNC(COc1ccc(Cl)cc1)c1cccc(Cl)c1Cl. The molecule has 0 saturated carbocycles. The van der Waals surface area contributed by atoms with Gasteiger partial charge in [0.25, 0.3) is 0 Å². The molecule has 0 fully saturated rings. The van der Waals surface area contributed by atoms with E-state index < -0.39 is 0 Å². The van der Waals surface area contributed by atoms with Gasteiger partial charge in [0.05, 0.1) is 16.1 Å². The lowest BCUT2D eigenvalue weighted by Crippen LogP contribution is -2.27. The van der Waals surface area contributed by atoms with Crippen LogP contribution in [-0.4, -0.2) is 13.2 Å². The Balaban J connectivity index is 2.12. The van der Waals surface area contributed by atoms with E-state index in [1.807, 2.05) is 31.2 Å². The lowest BCUT2D eigenvalue weighted by Gasteiger charge is -2.20. The van der Waals surface area contributed by atoms with E-state index in [2.05, 4.69) is 5.32 Å². The predicted octanol–water partition coefficient (Wildman–Crippen LogP) is 5.38. The van der Waals surface area contributed by atoms with Gasteiger partial charge in [0.1, 0.15) is 12.4 Å². The van der Waals surface area contributed by atoms with Gasteiger partial charge >= 0.3 is 0 Å². The molecule has 1 atom stereocenters. The molecule has 112 valence electrons. The fourth-order valence-corrected chi connectivity index (χ4v) is 2.57. The normalized spacial score (nSPS) is 12.2. The minimum Gasteiger partial charge on any atom is -0.492 e. The second kappa shape index (κ2) is 7.90. The summed E-state index contributed by atoms with van der Waals surface area (Å²) in [5.41, 5.74) is 0.931. The molecule has 21 heavy (non-hydrogen) atoms. The molecule has 0 amide bonds. The zero-order valence-corrected chi connectivity index (χ0v) is 13.8. The highest BCUT2D eigenvalue weighted by molar-refractivity contribution is 6.42. The van der Waals surface area contributed by atoms with E-state index in [1.54, 1.807) is 18.2 Å². The fourth-order valence-electron chi connectivity index (χ4n) is 2.01. The van der Waals surface area contributed by atoms with E-state index in [-0.39, 0.29) is 6.04 Å². The average molecular weight is 345 g/mol. The maximum absolute atomic E-state index is 6.28. The van der Waals surface area contributed by atoms with Crippen molar-refractivity contribution in [3.63, 3.8) is 0 Å². The summed E-state index contributed by atoms with van der Waals surface area (Å²) in [4.78, 5) is 0. The van der Waals surface area contributed by atoms with Gasteiger partial charge in [0, 0.05) is 5.02 Å². The number of hydrogen-bond acceptors (Lipinski definition) is 2. The Morgan fingerprint density at radius 3 is 2.43 bits per heavy atom. The fraction of sp³-hybridized carbons (Fsp3) is 0.250. The largest absolute Gasteiger partial charge is 0.492 e. The van der Waals surface area contributed by atoms with E-state index in [4.69, 9.17) is 39.5 Å². The molecule has 2 aromatic rings. The van der Waals surface area contributed by atoms with Crippen LogP contribution in [0.5, 0.6) is 5.75 Å². The average Bonchev–Trinajstić information content (AvgIpc) is 2.48. The molecule has 0 aromatic heterocycles. The van der Waals surface area contributed by atoms with Gasteiger partial charge in [-0.2, -0.15) is 0 Å². The third-order valence-corrected chi connectivity index (χ3v) is 4.12. The number of likely N-dealkylation sites (N-methyl/N-ethyl adjacent to an activating group) is 1. The van der Waals surface area contributed by atoms with Crippen molar-refractivity contribution in [2.45, 2.75) is 13.0 Å². The van der Waals surface area contributed by atoms with Crippen molar-refractivity contribution in [1.82, 2.24) is 5.32 Å². The molecule has 1 unspecified atom stereocenters. The molecule has 5 heteroatoms. The molecule has 0 aliphatic carbocycles. The van der Waals surface area contributed by atoms with E-state index >= 15 is 0 Å². The third kappa shape index (κ3) is 4.52. The topological polar surface area (TPSA) is 21.3 Å². The Kier molecular flexibility index (Phi) is 6.19. The number of rotatable bonds is 6. The van der Waals surface area contributed by atoms with E-state index in [0.717, 1.165) is 17.9 Å². The Morgan fingerprint density at radius 1 is 1.05 bits per heavy atom. The van der Waals surface area contributed by atoms with Crippen LogP contribution >= 0.6 is 34.8 Å². The van der Waals surface area contributed by atoms with Crippen molar-refractivity contribution in [2.75, 3.05) is 13.2 Å². The number of benzene rings is 2. The summed E-state index contributed by atoms with van der Waals surface area (Å²) in [5.74, 6) is 0.764. The lowest BCUT2D eigenvalue weighted by molar-refractivity contribution is 0.268. The summed E-state index contributed by atoms with van der Waals surface area (Å²) >= 11 is 18.2. The van der Waals surface area contributed by atoms with Crippen LogP contribution in [0.3, 0.4) is 0 Å². The van der Waals surface area contributed by atoms with Crippen molar-refractivity contribution in [1.29, 1.82) is 0 Å². The molecule has 2 nitrogen and oxygen atoms in total. The number of nitrogens with one attached hydrogen (secondary N) is 1. The monoisotopic (exact) mass is 343 g/mol. The molecule has 0 radical (unpaired) electrons. The van der Waals surface area contributed by atoms with Gasteiger partial charge in [-0.1, -0.05) is 53.9 Å². The molecule has 0 aliphatic rings. The molecule has 0 heterocycles. The number of ether oxygens (including phenoxy) is 1. The lowest BCUT2D eigenvalue weighted by atomic mass is 10.1. The first-order chi connectivity index (χ1) is 10.1. The molecule has 0 spiro atoms. The smallest absolute Gasteiger partial charge is 0.119 e. The van der Waals surface area contributed by atoms with Crippen molar-refractivity contribution >= 4 is 34.8 Å². The van der Waals surface area contributed by atoms with Crippen LogP contribution in [-0.2, 0) is 0 Å². The van der Waals surface area contributed by atoms with Gasteiger partial charge in [-0.3, -0.25) is 0 Å². The zero-order valence-electron chi connectivity index (χ0n) is 11.6. The Morgan fingerprint density at radius 2 is 1.76 bits per heavy atom. The van der Waals surface area contributed by atoms with E-state index in [0.29, 0.717) is 21.7 Å². The van der Waals surface area contributed by atoms with Crippen LogP contribution in [0.15, 0.2) is 42.5 Å². The predicted molar refractivity (Wildman–Crippen MR) is 89.8 cm³/mol. The van der Waals surface area contributed by atoms with Gasteiger partial charge in [-0.15, -0.1) is 0 Å². The molecular weight excluding hydrogens is 329 g/mol. The molecular formula is C16H16Cl3NO. The summed E-state index contributed by atoms with van der Waals surface area (Å²) in [5, 5.41) is 5.14. The highest BCUT2D eigenvalue weighted by atomic mass is 35.5. The van der Waals surface area contributed by atoms with Gasteiger partial charge < -0.3 is 10.1 Å². The second-order valence-electron chi connectivity index (χ2n) is 4.52. The van der Waals surface area contributed by atoms with Crippen molar-refractivity contribution < 1.29 is 4.74 Å². The molecule has 2 rings (SSSR count). The Labute approximate surface area is 140 Å². The summed E-state index contributed by atoms with van der Waals surface area (Å²) in [7, 11) is 0. The maximum atomic E-state index is 6.28. The van der Waals surface area contributed by atoms with Crippen LogP contribution in [0, 0.1) is 0 Å². The number of halogens is 3. The van der Waals surface area contributed by atoms with Gasteiger partial charge in [0.2, 0.25) is 0 Å². The molecule has 1 N–H and O–H groups in total. The number of hydrogen-bond donors (Lipinski definition) is 1. The Bertz CT molecular complexity index is 587. The van der Waals surface area contributed by atoms with Crippen molar-refractivity contribution in [3.8, 4) is 5.75 Å². The quantitative estimate of drug-likeness (QED) is 0.760. The minimum atomic E-state index is -0.0307. The first kappa shape index (κ1) is 16.4. The van der Waals surface area contributed by atoms with Crippen LogP contribution in [0.2, 0.25) is 15.1 Å². The highest BCUT2D eigenvalue weighted by Gasteiger charge is 2.16. The maximum Gasteiger partial charge on any atom is 0.119 e. The minimum absolute atomic E-state index is 0.0307. The molecule has 0 aliphatic heterocycles. The summed E-state index contributed by atoms with van der Waals surface area (Å²) in [6, 6.07) is 12.9. The van der Waals surface area contributed by atoms with Crippen LogP contribution in [0.4, 0.5) is 0 Å². The Hall–Kier alpha value is -0.930. The summed E-state index contributed by atoms with van der Waals surface area (Å²) in [6.07, 6.45) is 0. The van der Waals surface area contributed by atoms with Gasteiger partial charge in [-0.25, -0.2) is 0 Å². The molecule has 2 aromatic carbocycles. The highest BCUT2D eigenvalue weighted by Crippen LogP contribution is 2.30. The van der Waals surface area contributed by atoms with Gasteiger partial charge in [-0.05, 0) is 42.4 Å². The molecule has 0 bridgehead atoms. The van der Waals surface area contributed by atoms with Crippen LogP contribution in [0.25, 0.3) is 0 Å². The zero-order chi connectivity index (χ0) is 15.2. The van der Waals surface area contributed by atoms with Crippen molar-refractivity contribution in [2.24, 2.45) is 0 Å². The van der Waals surface area contributed by atoms with Crippen LogP contribution in [0.1, 0.15) is 18.5 Å². The molecule has 0 saturated heterocycles. The van der Waals surface area contributed by atoms with E-state index in [9.17, 15) is 0 Å². The third-order valence-electron chi connectivity index (χ3n) is 3.04. The first-order valence-corrected chi connectivity index (χ1v) is 7.81. The summed E-state index contributed by atoms with van der Waals surface area (Å²) in [6.45, 7) is 3.29. The van der Waals surface area contributed by atoms with Crippen molar-refractivity contribution in [3.05, 3.63) is 63.1 Å². The summed E-state index contributed by atoms with van der Waals surface area (Å²) < 4.78 is 5.80. The standard InChI is InChI=1S/C16H16Cl3NO/c1-2-20-15(13-4-3-5-14(18)16(13)19)10-21-12-8-6-11(17)7-9-12/h3-9,15,20H,2,10H2,1H3. The van der Waals surface area contributed by atoms with E-state index in [1.165, 1.54) is 0 Å².